The molecule has 0 amide bonds. The normalized spacial score (nSPS) is 12.3. The Labute approximate surface area is 115 Å². The van der Waals surface area contributed by atoms with E-state index in [-0.39, 0.29) is 12.8 Å². The SMILES string of the molecule is CC(=O)P(O)(O)(O)C(C)=O.O=C(O)CCCCC(=O)O. The van der Waals surface area contributed by atoms with Crippen molar-refractivity contribution >= 4 is 30.3 Å². The molecule has 0 aromatic carbocycles. The van der Waals surface area contributed by atoms with Gasteiger partial charge >= 0.3 is 68.4 Å². The van der Waals surface area contributed by atoms with Crippen LogP contribution in [0.2, 0.25) is 0 Å². The van der Waals surface area contributed by atoms with Gasteiger partial charge in [-0.05, 0) is 12.8 Å². The van der Waals surface area contributed by atoms with Crippen LogP contribution in [0.15, 0.2) is 0 Å². The summed E-state index contributed by atoms with van der Waals surface area (Å²) in [5.74, 6) is -1.74. The molecule has 0 bridgehead atoms. The smallest absolute Gasteiger partial charge is 0.303 e. The molecule has 0 aromatic heterocycles. The molecular formula is C10H19O9P. The molecule has 0 spiro atoms. The van der Waals surface area contributed by atoms with Crippen LogP contribution < -0.4 is 0 Å². The van der Waals surface area contributed by atoms with Gasteiger partial charge in [0, 0.05) is 12.8 Å². The van der Waals surface area contributed by atoms with E-state index in [1.807, 2.05) is 0 Å². The van der Waals surface area contributed by atoms with E-state index >= 15 is 0 Å². The molecule has 0 rings (SSSR count). The van der Waals surface area contributed by atoms with Crippen LogP contribution in [0.25, 0.3) is 0 Å². The zero-order valence-corrected chi connectivity index (χ0v) is 12.0. The van der Waals surface area contributed by atoms with Gasteiger partial charge in [0.05, 0.1) is 0 Å². The van der Waals surface area contributed by atoms with Gasteiger partial charge in [-0.25, -0.2) is 0 Å². The van der Waals surface area contributed by atoms with Crippen molar-refractivity contribution in [2.45, 2.75) is 39.5 Å². The number of unbranched alkanes of at least 4 members (excludes halogenated alkanes) is 1. The van der Waals surface area contributed by atoms with Gasteiger partial charge in [0.1, 0.15) is 0 Å². The van der Waals surface area contributed by atoms with Crippen LogP contribution in [0.1, 0.15) is 39.5 Å². The van der Waals surface area contributed by atoms with Gasteiger partial charge in [-0.3, -0.25) is 9.59 Å². The van der Waals surface area contributed by atoms with Crippen molar-refractivity contribution in [3.63, 3.8) is 0 Å². The summed E-state index contributed by atoms with van der Waals surface area (Å²) in [6, 6.07) is 0. The molecule has 0 unspecified atom stereocenters. The number of carbonyl (C=O) groups is 4. The predicted octanol–water partition coefficient (Wildman–Crippen LogP) is 0.0706. The maximum Gasteiger partial charge on any atom is 0.303 e. The number of carboxylic acids is 2. The largest absolute Gasteiger partial charge is 0.481 e. The van der Waals surface area contributed by atoms with Gasteiger partial charge in [-0.2, -0.15) is 0 Å². The predicted molar refractivity (Wildman–Crippen MR) is 68.7 cm³/mol. The Morgan fingerprint density at radius 1 is 0.750 bits per heavy atom. The minimum Gasteiger partial charge on any atom is -0.481 e. The van der Waals surface area contributed by atoms with Crippen LogP contribution in [-0.4, -0.2) is 47.9 Å². The van der Waals surface area contributed by atoms with Crippen molar-refractivity contribution in [3.05, 3.63) is 0 Å². The van der Waals surface area contributed by atoms with E-state index in [1.54, 1.807) is 0 Å². The summed E-state index contributed by atoms with van der Waals surface area (Å²) in [6.45, 7) is 1.50. The molecule has 0 saturated carbocycles. The van der Waals surface area contributed by atoms with Crippen molar-refractivity contribution in [1.29, 1.82) is 0 Å². The molecule has 0 atom stereocenters. The third-order valence-electron chi connectivity index (χ3n) is 2.19. The third kappa shape index (κ3) is 8.65. The van der Waals surface area contributed by atoms with E-state index in [1.165, 1.54) is 0 Å². The summed E-state index contributed by atoms with van der Waals surface area (Å²) in [5.41, 5.74) is -2.59. The molecule has 5 N–H and O–H groups in total. The van der Waals surface area contributed by atoms with Gasteiger partial charge in [-0.1, -0.05) is 0 Å². The van der Waals surface area contributed by atoms with Crippen LogP contribution in [0.5, 0.6) is 0 Å². The van der Waals surface area contributed by atoms with Gasteiger partial charge in [0.15, 0.2) is 0 Å². The van der Waals surface area contributed by atoms with E-state index in [4.69, 9.17) is 24.9 Å². The quantitative estimate of drug-likeness (QED) is 0.322. The Balaban J connectivity index is 0. The maximum absolute atomic E-state index is 10.3. The number of carboxylic acid groups (broad SMARTS) is 2. The first-order valence-electron chi connectivity index (χ1n) is 5.52. The molecule has 0 radical (unpaired) electrons. The van der Waals surface area contributed by atoms with E-state index in [2.05, 4.69) is 0 Å². The molecule has 0 aliphatic heterocycles. The zero-order valence-electron chi connectivity index (χ0n) is 11.1. The first-order chi connectivity index (χ1) is 8.79. The standard InChI is InChI=1S/C6H10O4.C4H9O5P/c7-5(8)3-1-2-4-6(9)10;1-3(5)10(7,8,9)4(2)6/h1-4H2,(H,7,8)(H,9,10);7-9H,1-2H3. The Morgan fingerprint density at radius 2 is 1.00 bits per heavy atom. The third-order valence-corrected chi connectivity index (χ3v) is 4.51. The summed E-state index contributed by atoms with van der Waals surface area (Å²) >= 11 is 0. The van der Waals surface area contributed by atoms with Crippen LogP contribution in [0.4, 0.5) is 0 Å². The van der Waals surface area contributed by atoms with Gasteiger partial charge in [0.25, 0.3) is 0 Å². The Kier molecular flexibility index (Phi) is 8.37. The topological polar surface area (TPSA) is 169 Å². The molecule has 0 aliphatic carbocycles. The fraction of sp³-hybridized carbons (Fsp3) is 0.600. The minimum atomic E-state index is -5.60. The molecule has 118 valence electrons. The van der Waals surface area contributed by atoms with Crippen LogP contribution in [-0.2, 0) is 19.2 Å². The second-order valence-electron chi connectivity index (χ2n) is 4.01. The Morgan fingerprint density at radius 3 is 1.10 bits per heavy atom. The molecular weight excluding hydrogens is 295 g/mol. The summed E-state index contributed by atoms with van der Waals surface area (Å²) in [5, 5.41) is 16.3. The van der Waals surface area contributed by atoms with E-state index in [0.717, 1.165) is 13.8 Å². The monoisotopic (exact) mass is 314 g/mol. The average molecular weight is 314 g/mol. The molecule has 0 aromatic rings. The Bertz CT molecular complexity index is 359. The number of hydrogen-bond donors (Lipinski definition) is 5. The van der Waals surface area contributed by atoms with E-state index in [0.29, 0.717) is 12.8 Å². The summed E-state index contributed by atoms with van der Waals surface area (Å²) in [6.07, 6.45) is 1.02. The number of hydrogen-bond acceptors (Lipinski definition) is 7. The molecule has 20 heavy (non-hydrogen) atoms. The fourth-order valence-electron chi connectivity index (χ4n) is 0.774. The van der Waals surface area contributed by atoms with E-state index < -0.39 is 30.3 Å². The number of carbonyl (C=O) groups excluding carboxylic acids is 2. The first-order valence-corrected chi connectivity index (χ1v) is 7.61. The average Bonchev–Trinajstić information content (AvgIpc) is 2.23. The van der Waals surface area contributed by atoms with Crippen LogP contribution in [0.3, 0.4) is 0 Å². The second kappa shape index (κ2) is 8.01. The summed E-state index contributed by atoms with van der Waals surface area (Å²) < 4.78 is 0. The summed E-state index contributed by atoms with van der Waals surface area (Å²) in [7, 11) is -5.60. The summed E-state index contributed by atoms with van der Waals surface area (Å²) in [4.78, 5) is 66.5. The molecule has 0 aliphatic rings. The number of aliphatic carboxylic acids is 2. The zero-order chi connectivity index (χ0) is 16.6. The van der Waals surface area contributed by atoms with Crippen molar-refractivity contribution in [3.8, 4) is 0 Å². The van der Waals surface area contributed by atoms with Crippen LogP contribution in [0, 0.1) is 0 Å². The van der Waals surface area contributed by atoms with Gasteiger partial charge < -0.3 is 10.2 Å². The minimum absolute atomic E-state index is 0.0628. The van der Waals surface area contributed by atoms with Crippen molar-refractivity contribution in [2.75, 3.05) is 0 Å². The van der Waals surface area contributed by atoms with Gasteiger partial charge in [0.2, 0.25) is 0 Å². The molecule has 10 heteroatoms. The second-order valence-corrected chi connectivity index (χ2v) is 7.23. The van der Waals surface area contributed by atoms with Gasteiger partial charge in [-0.15, -0.1) is 0 Å². The Hall–Kier alpha value is -1.41. The number of rotatable bonds is 7. The van der Waals surface area contributed by atoms with E-state index in [9.17, 15) is 19.2 Å². The molecule has 9 nitrogen and oxygen atoms in total. The fourth-order valence-corrected chi connectivity index (χ4v) is 1.22. The molecule has 0 saturated heterocycles. The van der Waals surface area contributed by atoms with Crippen molar-refractivity contribution in [1.82, 2.24) is 0 Å². The van der Waals surface area contributed by atoms with Crippen molar-refractivity contribution < 1.29 is 44.1 Å². The molecule has 0 fully saturated rings. The molecule has 0 heterocycles. The maximum atomic E-state index is 10.3. The first kappa shape index (κ1) is 20.9. The van der Waals surface area contributed by atoms with Crippen molar-refractivity contribution in [2.24, 2.45) is 0 Å². The van der Waals surface area contributed by atoms with Crippen LogP contribution >= 0.6 is 7.28 Å².